The summed E-state index contributed by atoms with van der Waals surface area (Å²) in [6.07, 6.45) is 0. The molecule has 0 spiro atoms. The van der Waals surface area contributed by atoms with Gasteiger partial charge in [0.2, 0.25) is 0 Å². The standard InChI is InChI=1S/C15H17FN4O2S/c16-10-5-11(7-12(6-10)20-1-3-22-4-2-20)18-15(21)13-9-23-14(8-17)19-13/h5-7,9H,1-4,8,17H2,(H,18,21). The van der Waals surface area contributed by atoms with Crippen molar-refractivity contribution in [3.8, 4) is 0 Å². The van der Waals surface area contributed by atoms with Crippen molar-refractivity contribution in [2.45, 2.75) is 6.54 Å². The molecule has 0 saturated carbocycles. The number of carbonyl (C=O) groups excluding carboxylic acids is 1. The van der Waals surface area contributed by atoms with Crippen molar-refractivity contribution < 1.29 is 13.9 Å². The lowest BCUT2D eigenvalue weighted by Crippen LogP contribution is -2.36. The van der Waals surface area contributed by atoms with Crippen LogP contribution in [0.25, 0.3) is 0 Å². The van der Waals surface area contributed by atoms with Crippen LogP contribution in [-0.2, 0) is 11.3 Å². The maximum atomic E-state index is 13.9. The summed E-state index contributed by atoms with van der Waals surface area (Å²) in [6.45, 7) is 2.91. The lowest BCUT2D eigenvalue weighted by atomic mass is 10.2. The Hall–Kier alpha value is -2.03. The van der Waals surface area contributed by atoms with Gasteiger partial charge in [0.25, 0.3) is 5.91 Å². The molecule has 0 aliphatic carbocycles. The first-order valence-corrected chi connectivity index (χ1v) is 8.13. The van der Waals surface area contributed by atoms with E-state index in [4.69, 9.17) is 10.5 Å². The van der Waals surface area contributed by atoms with Crippen LogP contribution in [0.2, 0.25) is 0 Å². The Morgan fingerprint density at radius 3 is 2.87 bits per heavy atom. The monoisotopic (exact) mass is 336 g/mol. The molecular formula is C15H17FN4O2S. The van der Waals surface area contributed by atoms with Crippen LogP contribution in [0.5, 0.6) is 0 Å². The molecule has 6 nitrogen and oxygen atoms in total. The van der Waals surface area contributed by atoms with E-state index in [0.717, 1.165) is 5.69 Å². The molecule has 0 atom stereocenters. The van der Waals surface area contributed by atoms with Gasteiger partial charge in [-0.3, -0.25) is 4.79 Å². The summed E-state index contributed by atoms with van der Waals surface area (Å²) in [4.78, 5) is 18.3. The minimum absolute atomic E-state index is 0.285. The van der Waals surface area contributed by atoms with Crippen molar-refractivity contribution in [2.75, 3.05) is 36.5 Å². The van der Waals surface area contributed by atoms with Crippen LogP contribution in [0, 0.1) is 5.82 Å². The topological polar surface area (TPSA) is 80.5 Å². The Labute approximate surface area is 137 Å². The third-order valence-corrected chi connectivity index (χ3v) is 4.35. The van der Waals surface area contributed by atoms with E-state index in [1.165, 1.54) is 23.5 Å². The zero-order valence-corrected chi connectivity index (χ0v) is 13.2. The zero-order chi connectivity index (χ0) is 16.2. The van der Waals surface area contributed by atoms with Gasteiger partial charge in [-0.2, -0.15) is 0 Å². The van der Waals surface area contributed by atoms with E-state index in [1.54, 1.807) is 11.4 Å². The van der Waals surface area contributed by atoms with Crippen LogP contribution < -0.4 is 16.0 Å². The first-order valence-electron chi connectivity index (χ1n) is 7.25. The smallest absolute Gasteiger partial charge is 0.275 e. The van der Waals surface area contributed by atoms with Crippen molar-refractivity contribution >= 4 is 28.6 Å². The van der Waals surface area contributed by atoms with Crippen LogP contribution in [0.4, 0.5) is 15.8 Å². The molecule has 2 heterocycles. The Morgan fingerprint density at radius 2 is 2.17 bits per heavy atom. The number of hydrogen-bond acceptors (Lipinski definition) is 6. The molecule has 1 aliphatic heterocycles. The minimum atomic E-state index is -0.398. The molecule has 23 heavy (non-hydrogen) atoms. The average Bonchev–Trinajstić information content (AvgIpc) is 3.04. The number of nitrogens with zero attached hydrogens (tertiary/aromatic N) is 2. The minimum Gasteiger partial charge on any atom is -0.378 e. The highest BCUT2D eigenvalue weighted by molar-refractivity contribution is 7.09. The predicted octanol–water partition coefficient (Wildman–Crippen LogP) is 1.83. The number of amides is 1. The van der Waals surface area contributed by atoms with Gasteiger partial charge in [0.15, 0.2) is 0 Å². The summed E-state index contributed by atoms with van der Waals surface area (Å²) in [5.74, 6) is -0.773. The molecule has 1 amide bonds. The number of hydrogen-bond donors (Lipinski definition) is 2. The Morgan fingerprint density at radius 1 is 1.39 bits per heavy atom. The van der Waals surface area contributed by atoms with Crippen LogP contribution in [-0.4, -0.2) is 37.2 Å². The lowest BCUT2D eigenvalue weighted by molar-refractivity contribution is 0.102. The van der Waals surface area contributed by atoms with Crippen molar-refractivity contribution in [2.24, 2.45) is 5.73 Å². The largest absolute Gasteiger partial charge is 0.378 e. The molecular weight excluding hydrogens is 319 g/mol. The quantitative estimate of drug-likeness (QED) is 0.890. The number of anilines is 2. The van der Waals surface area contributed by atoms with Crippen LogP contribution >= 0.6 is 11.3 Å². The molecule has 3 rings (SSSR count). The van der Waals surface area contributed by atoms with E-state index in [2.05, 4.69) is 10.3 Å². The second-order valence-corrected chi connectivity index (χ2v) is 6.02. The normalized spacial score (nSPS) is 14.8. The summed E-state index contributed by atoms with van der Waals surface area (Å²) in [5, 5.41) is 5.00. The molecule has 122 valence electrons. The van der Waals surface area contributed by atoms with E-state index >= 15 is 0 Å². The Kier molecular flexibility index (Phi) is 4.85. The molecule has 8 heteroatoms. The number of morpholine rings is 1. The number of thiazole rings is 1. The van der Waals surface area contributed by atoms with Crippen molar-refractivity contribution in [1.29, 1.82) is 0 Å². The van der Waals surface area contributed by atoms with E-state index in [9.17, 15) is 9.18 Å². The number of nitrogens with two attached hydrogens (primary N) is 1. The molecule has 1 fully saturated rings. The van der Waals surface area contributed by atoms with Crippen LogP contribution in [0.3, 0.4) is 0 Å². The molecule has 2 aromatic rings. The van der Waals surface area contributed by atoms with E-state index in [1.807, 2.05) is 4.90 Å². The van der Waals surface area contributed by atoms with Crippen molar-refractivity contribution in [3.05, 3.63) is 40.1 Å². The number of benzene rings is 1. The number of carbonyl (C=O) groups is 1. The molecule has 0 unspecified atom stereocenters. The van der Waals surface area contributed by atoms with Crippen molar-refractivity contribution in [1.82, 2.24) is 4.98 Å². The lowest BCUT2D eigenvalue weighted by Gasteiger charge is -2.29. The molecule has 0 radical (unpaired) electrons. The average molecular weight is 336 g/mol. The SMILES string of the molecule is NCc1nc(C(=O)Nc2cc(F)cc(N3CCOCC3)c2)cs1. The number of nitrogens with one attached hydrogen (secondary N) is 1. The van der Waals surface area contributed by atoms with Crippen LogP contribution in [0.1, 0.15) is 15.5 Å². The maximum Gasteiger partial charge on any atom is 0.275 e. The van der Waals surface area contributed by atoms with Gasteiger partial charge < -0.3 is 20.7 Å². The van der Waals surface area contributed by atoms with Gasteiger partial charge >= 0.3 is 0 Å². The molecule has 1 aromatic heterocycles. The third-order valence-electron chi connectivity index (χ3n) is 3.48. The number of halogens is 1. The van der Waals surface area contributed by atoms with Crippen molar-refractivity contribution in [3.63, 3.8) is 0 Å². The van der Waals surface area contributed by atoms with Gasteiger partial charge in [-0.05, 0) is 18.2 Å². The zero-order valence-electron chi connectivity index (χ0n) is 12.4. The van der Waals surface area contributed by atoms with E-state index in [0.29, 0.717) is 43.5 Å². The fourth-order valence-corrected chi connectivity index (χ4v) is 3.01. The first-order chi connectivity index (χ1) is 11.2. The second kappa shape index (κ2) is 7.03. The maximum absolute atomic E-state index is 13.9. The highest BCUT2D eigenvalue weighted by Gasteiger charge is 2.15. The third kappa shape index (κ3) is 3.84. The van der Waals surface area contributed by atoms with Crippen LogP contribution in [0.15, 0.2) is 23.6 Å². The highest BCUT2D eigenvalue weighted by atomic mass is 32.1. The number of ether oxygens (including phenoxy) is 1. The molecule has 1 saturated heterocycles. The fourth-order valence-electron chi connectivity index (χ4n) is 2.35. The second-order valence-electron chi connectivity index (χ2n) is 5.08. The fraction of sp³-hybridized carbons (Fsp3) is 0.333. The Balaban J connectivity index is 1.76. The molecule has 0 bridgehead atoms. The van der Waals surface area contributed by atoms with E-state index in [-0.39, 0.29) is 11.6 Å². The van der Waals surface area contributed by atoms with Gasteiger partial charge in [0.05, 0.1) is 13.2 Å². The highest BCUT2D eigenvalue weighted by Crippen LogP contribution is 2.23. The summed E-state index contributed by atoms with van der Waals surface area (Å²) < 4.78 is 19.1. The van der Waals surface area contributed by atoms with Gasteiger partial charge in [-0.15, -0.1) is 11.3 Å². The summed E-state index contributed by atoms with van der Waals surface area (Å²) >= 11 is 1.32. The number of aromatic nitrogens is 1. The summed E-state index contributed by atoms with van der Waals surface area (Å²) in [6, 6.07) is 4.50. The molecule has 1 aromatic carbocycles. The predicted molar refractivity (Wildman–Crippen MR) is 87.4 cm³/mol. The molecule has 1 aliphatic rings. The van der Waals surface area contributed by atoms with Gasteiger partial charge in [0, 0.05) is 36.4 Å². The van der Waals surface area contributed by atoms with Gasteiger partial charge in [-0.1, -0.05) is 0 Å². The van der Waals surface area contributed by atoms with Gasteiger partial charge in [-0.25, -0.2) is 9.37 Å². The van der Waals surface area contributed by atoms with Gasteiger partial charge in [0.1, 0.15) is 16.5 Å². The first kappa shape index (κ1) is 15.9. The van der Waals surface area contributed by atoms with E-state index < -0.39 is 5.82 Å². The summed E-state index contributed by atoms with van der Waals surface area (Å²) in [7, 11) is 0. The Bertz CT molecular complexity index is 701. The molecule has 3 N–H and O–H groups in total. The number of rotatable bonds is 4. The summed E-state index contributed by atoms with van der Waals surface area (Å²) in [5.41, 5.74) is 6.90.